The monoisotopic (exact) mass is 658 g/mol. The lowest BCUT2D eigenvalue weighted by molar-refractivity contribution is 0.152. The average Bonchev–Trinajstić information content (AvgIpc) is 3.81. The molecule has 2 heterocycles. The molecule has 1 saturated heterocycles. The third-order valence-corrected chi connectivity index (χ3v) is 10.5. The largest absolute Gasteiger partial charge is 0.468 e. The van der Waals surface area contributed by atoms with Crippen LogP contribution in [0.5, 0.6) is 0 Å². The first-order chi connectivity index (χ1) is 25.3. The van der Waals surface area contributed by atoms with Crippen LogP contribution in [0.3, 0.4) is 0 Å². The molecule has 4 nitrogen and oxygen atoms in total. The lowest BCUT2D eigenvalue weighted by Crippen LogP contribution is -2.17. The lowest BCUT2D eigenvalue weighted by atomic mass is 9.90. The van der Waals surface area contributed by atoms with E-state index in [2.05, 4.69) is 175 Å². The molecule has 1 N–H and O–H groups in total. The second-order valence-corrected chi connectivity index (χ2v) is 13.4. The minimum Gasteiger partial charge on any atom is -0.468 e. The summed E-state index contributed by atoms with van der Waals surface area (Å²) < 4.78 is 13.9. The Hall–Kier alpha value is -6.39. The van der Waals surface area contributed by atoms with Crippen LogP contribution in [0, 0.1) is 0 Å². The van der Waals surface area contributed by atoms with E-state index in [1.165, 1.54) is 48.7 Å². The molecule has 0 unspecified atom stereocenters. The summed E-state index contributed by atoms with van der Waals surface area (Å²) in [6.45, 7) is 0. The van der Waals surface area contributed by atoms with Crippen molar-refractivity contribution in [2.45, 2.75) is 24.3 Å². The van der Waals surface area contributed by atoms with Gasteiger partial charge in [0.1, 0.15) is 6.04 Å². The van der Waals surface area contributed by atoms with Crippen LogP contribution in [0.1, 0.15) is 46.5 Å². The van der Waals surface area contributed by atoms with Crippen LogP contribution >= 0.6 is 0 Å². The van der Waals surface area contributed by atoms with Crippen molar-refractivity contribution in [1.82, 2.24) is 5.32 Å². The summed E-state index contributed by atoms with van der Waals surface area (Å²) in [7, 11) is 0. The van der Waals surface area contributed by atoms with Crippen molar-refractivity contribution in [3.8, 4) is 0 Å². The van der Waals surface area contributed by atoms with Gasteiger partial charge < -0.3 is 14.8 Å². The van der Waals surface area contributed by atoms with Gasteiger partial charge in [0.2, 0.25) is 5.90 Å². The third-order valence-electron chi connectivity index (χ3n) is 10.5. The summed E-state index contributed by atoms with van der Waals surface area (Å²) in [5.41, 5.74) is 4.58. The van der Waals surface area contributed by atoms with Gasteiger partial charge in [0, 0.05) is 11.1 Å². The topological polar surface area (TPSA) is 42.8 Å². The third kappa shape index (κ3) is 5.11. The number of aliphatic imine (C=N–C) groups is 1. The van der Waals surface area contributed by atoms with Crippen LogP contribution in [0.2, 0.25) is 0 Å². The van der Waals surface area contributed by atoms with E-state index >= 15 is 0 Å². The Balaban J connectivity index is 1.10. The predicted octanol–water partition coefficient (Wildman–Crippen LogP) is 11.5. The molecule has 0 aromatic heterocycles. The fourth-order valence-electron chi connectivity index (χ4n) is 8.13. The zero-order chi connectivity index (χ0) is 33.7. The highest BCUT2D eigenvalue weighted by atomic mass is 16.5. The molecule has 1 fully saturated rings. The van der Waals surface area contributed by atoms with Gasteiger partial charge in [-0.1, -0.05) is 170 Å². The van der Waals surface area contributed by atoms with Crippen molar-refractivity contribution >= 4 is 49.0 Å². The smallest absolute Gasteiger partial charge is 0.215 e. The first kappa shape index (κ1) is 29.5. The quantitative estimate of drug-likeness (QED) is 0.200. The van der Waals surface area contributed by atoms with Crippen LogP contribution < -0.4 is 5.32 Å². The van der Waals surface area contributed by atoms with Crippen molar-refractivity contribution in [1.29, 1.82) is 0 Å². The van der Waals surface area contributed by atoms with E-state index in [1.807, 2.05) is 6.08 Å². The molecule has 51 heavy (non-hydrogen) atoms. The van der Waals surface area contributed by atoms with E-state index in [0.717, 1.165) is 16.7 Å². The molecular weight excluding hydrogens is 625 g/mol. The van der Waals surface area contributed by atoms with E-state index in [0.29, 0.717) is 11.8 Å². The molecule has 0 saturated carbocycles. The van der Waals surface area contributed by atoms with E-state index < -0.39 is 0 Å². The molecule has 0 spiro atoms. The zero-order valence-electron chi connectivity index (χ0n) is 27.8. The molecule has 2 aliphatic rings. The maximum absolute atomic E-state index is 6.95. The summed E-state index contributed by atoms with van der Waals surface area (Å²) >= 11 is 0. The number of benzene rings is 8. The highest BCUT2D eigenvalue weighted by molar-refractivity contribution is 5.94. The second-order valence-electron chi connectivity index (χ2n) is 13.4. The molecule has 2 aliphatic heterocycles. The van der Waals surface area contributed by atoms with Gasteiger partial charge in [-0.2, -0.15) is 0 Å². The first-order valence-corrected chi connectivity index (χ1v) is 17.6. The Bertz CT molecular complexity index is 2570. The van der Waals surface area contributed by atoms with Gasteiger partial charge in [0.05, 0.1) is 12.1 Å². The first-order valence-electron chi connectivity index (χ1n) is 17.6. The molecule has 0 aliphatic carbocycles. The SMILES string of the molecule is C(/C1=N[C@@H](c2cccc3ccccc23)[C@H](c2cccc3ccccc23)O1)=C1\N[C@@H](c2cccc3ccccc23)[C@H](c2cccc3ccccc23)O1. The van der Waals surface area contributed by atoms with Gasteiger partial charge in [0.15, 0.2) is 18.1 Å². The fourth-order valence-corrected chi connectivity index (χ4v) is 8.13. The molecular formula is C47H34N2O2. The van der Waals surface area contributed by atoms with Crippen molar-refractivity contribution in [2.75, 3.05) is 0 Å². The van der Waals surface area contributed by atoms with Crippen LogP contribution in [0.15, 0.2) is 187 Å². The number of nitrogens with one attached hydrogen (secondary N) is 1. The Kier molecular flexibility index (Phi) is 7.05. The Labute approximate surface area is 296 Å². The number of hydrogen-bond donors (Lipinski definition) is 1. The Morgan fingerprint density at radius 3 is 1.37 bits per heavy atom. The summed E-state index contributed by atoms with van der Waals surface area (Å²) in [5.74, 6) is 1.18. The van der Waals surface area contributed by atoms with E-state index in [9.17, 15) is 0 Å². The maximum Gasteiger partial charge on any atom is 0.215 e. The zero-order valence-corrected chi connectivity index (χ0v) is 27.8. The van der Waals surface area contributed by atoms with Crippen molar-refractivity contribution in [3.63, 3.8) is 0 Å². The normalized spacial score (nSPS) is 20.8. The van der Waals surface area contributed by atoms with E-state index in [4.69, 9.17) is 14.5 Å². The van der Waals surface area contributed by atoms with Crippen LogP contribution in [0.25, 0.3) is 43.1 Å². The number of ether oxygens (including phenoxy) is 2. The van der Waals surface area contributed by atoms with Crippen LogP contribution in [-0.4, -0.2) is 5.90 Å². The molecule has 4 atom stereocenters. The van der Waals surface area contributed by atoms with Gasteiger partial charge in [-0.15, -0.1) is 0 Å². The fraction of sp³-hybridized carbons (Fsp3) is 0.0851. The molecule has 4 heteroatoms. The molecule has 244 valence electrons. The lowest BCUT2D eigenvalue weighted by Gasteiger charge is -2.21. The standard InChI is InChI=1S/C47H34N2O2/c1-5-21-34-30(13-1)17-9-25-38(34)44-46(40-27-11-19-32-15-3-7-23-36(32)40)50-42(48-44)29-43-49-45(39-26-10-18-31-14-2-6-22-35(31)39)47(51-43)41-28-12-20-33-16-4-8-24-37(33)41/h1-29,44-48H/b42-29-/t44-,45-,46-,47-/m0/s1. The molecule has 10 rings (SSSR count). The number of rotatable bonds is 5. The molecule has 0 radical (unpaired) electrons. The van der Waals surface area contributed by atoms with Gasteiger partial charge in [-0.3, -0.25) is 0 Å². The second kappa shape index (κ2) is 12.2. The summed E-state index contributed by atoms with van der Waals surface area (Å²) in [6, 6.07) is 59.6. The van der Waals surface area contributed by atoms with E-state index in [-0.39, 0.29) is 24.3 Å². The van der Waals surface area contributed by atoms with Crippen LogP contribution in [-0.2, 0) is 9.47 Å². The number of hydrogen-bond acceptors (Lipinski definition) is 4. The van der Waals surface area contributed by atoms with Gasteiger partial charge in [-0.05, 0) is 54.2 Å². The number of fused-ring (bicyclic) bond motifs is 4. The average molecular weight is 659 g/mol. The molecule has 0 amide bonds. The van der Waals surface area contributed by atoms with Gasteiger partial charge >= 0.3 is 0 Å². The molecule has 8 aromatic carbocycles. The highest BCUT2D eigenvalue weighted by Crippen LogP contribution is 2.47. The molecule has 0 bridgehead atoms. The van der Waals surface area contributed by atoms with Crippen molar-refractivity contribution in [3.05, 3.63) is 204 Å². The minimum absolute atomic E-state index is 0.141. The highest BCUT2D eigenvalue weighted by Gasteiger charge is 2.39. The summed E-state index contributed by atoms with van der Waals surface area (Å²) in [5, 5.41) is 13.3. The van der Waals surface area contributed by atoms with Gasteiger partial charge in [0.25, 0.3) is 0 Å². The van der Waals surface area contributed by atoms with Crippen LogP contribution in [0.4, 0.5) is 0 Å². The van der Waals surface area contributed by atoms with E-state index in [1.54, 1.807) is 0 Å². The summed E-state index contributed by atoms with van der Waals surface area (Å²) in [4.78, 5) is 5.33. The predicted molar refractivity (Wildman–Crippen MR) is 208 cm³/mol. The minimum atomic E-state index is -0.321. The maximum atomic E-state index is 6.95. The molecule has 8 aromatic rings. The Morgan fingerprint density at radius 2 is 0.824 bits per heavy atom. The van der Waals surface area contributed by atoms with Gasteiger partial charge in [-0.25, -0.2) is 4.99 Å². The summed E-state index contributed by atoms with van der Waals surface area (Å²) in [6.07, 6.45) is 1.35. The Morgan fingerprint density at radius 1 is 0.412 bits per heavy atom. The van der Waals surface area contributed by atoms with Crippen molar-refractivity contribution in [2.24, 2.45) is 4.99 Å². The van der Waals surface area contributed by atoms with Crippen molar-refractivity contribution < 1.29 is 9.47 Å². The number of nitrogens with zero attached hydrogens (tertiary/aromatic N) is 1.